The third kappa shape index (κ3) is 5.00. The SMILES string of the molecule is COc1ccc(C(N)CN(C)CCN(C)C)c(OC)c1. The second kappa shape index (κ2) is 8.09. The lowest BCUT2D eigenvalue weighted by molar-refractivity contribution is 0.267. The normalized spacial score (nSPS) is 12.8. The monoisotopic (exact) mass is 281 g/mol. The molecule has 1 aromatic carbocycles. The fourth-order valence-corrected chi connectivity index (χ4v) is 2.02. The fourth-order valence-electron chi connectivity index (χ4n) is 2.02. The van der Waals surface area contributed by atoms with Crippen molar-refractivity contribution in [2.24, 2.45) is 5.73 Å². The molecule has 5 nitrogen and oxygen atoms in total. The van der Waals surface area contributed by atoms with Crippen molar-refractivity contribution in [1.29, 1.82) is 0 Å². The van der Waals surface area contributed by atoms with Gasteiger partial charge in [-0.1, -0.05) is 6.07 Å². The van der Waals surface area contributed by atoms with Gasteiger partial charge >= 0.3 is 0 Å². The van der Waals surface area contributed by atoms with E-state index < -0.39 is 0 Å². The van der Waals surface area contributed by atoms with Gasteiger partial charge in [-0.05, 0) is 27.2 Å². The van der Waals surface area contributed by atoms with Crippen LogP contribution in [0.25, 0.3) is 0 Å². The summed E-state index contributed by atoms with van der Waals surface area (Å²) in [5.74, 6) is 1.55. The highest BCUT2D eigenvalue weighted by Crippen LogP contribution is 2.28. The topological polar surface area (TPSA) is 51.0 Å². The van der Waals surface area contributed by atoms with Crippen LogP contribution in [-0.4, -0.2) is 64.8 Å². The van der Waals surface area contributed by atoms with Crippen molar-refractivity contribution in [3.05, 3.63) is 23.8 Å². The molecule has 0 amide bonds. The van der Waals surface area contributed by atoms with E-state index >= 15 is 0 Å². The molecule has 0 aliphatic heterocycles. The van der Waals surface area contributed by atoms with Crippen molar-refractivity contribution in [2.45, 2.75) is 6.04 Å². The van der Waals surface area contributed by atoms with Crippen LogP contribution >= 0.6 is 0 Å². The molecular weight excluding hydrogens is 254 g/mol. The van der Waals surface area contributed by atoms with E-state index in [4.69, 9.17) is 15.2 Å². The van der Waals surface area contributed by atoms with Gasteiger partial charge in [0.25, 0.3) is 0 Å². The molecule has 0 aromatic heterocycles. The summed E-state index contributed by atoms with van der Waals surface area (Å²) in [5, 5.41) is 0. The van der Waals surface area contributed by atoms with Crippen molar-refractivity contribution in [3.63, 3.8) is 0 Å². The number of methoxy groups -OCH3 is 2. The molecule has 0 radical (unpaired) electrons. The molecule has 1 atom stereocenters. The average molecular weight is 281 g/mol. The van der Waals surface area contributed by atoms with Gasteiger partial charge in [0, 0.05) is 37.3 Å². The molecule has 1 unspecified atom stereocenters. The number of hydrogen-bond acceptors (Lipinski definition) is 5. The van der Waals surface area contributed by atoms with Crippen molar-refractivity contribution >= 4 is 0 Å². The average Bonchev–Trinajstić information content (AvgIpc) is 2.44. The quantitative estimate of drug-likeness (QED) is 0.776. The summed E-state index contributed by atoms with van der Waals surface area (Å²) < 4.78 is 10.6. The molecule has 114 valence electrons. The minimum atomic E-state index is -0.0805. The largest absolute Gasteiger partial charge is 0.497 e. The van der Waals surface area contributed by atoms with Crippen LogP contribution in [0.1, 0.15) is 11.6 Å². The van der Waals surface area contributed by atoms with Crippen LogP contribution in [0.5, 0.6) is 11.5 Å². The number of nitrogens with two attached hydrogens (primary N) is 1. The van der Waals surface area contributed by atoms with Gasteiger partial charge in [-0.15, -0.1) is 0 Å². The van der Waals surface area contributed by atoms with Crippen LogP contribution in [-0.2, 0) is 0 Å². The predicted octanol–water partition coefficient (Wildman–Crippen LogP) is 1.20. The Kier molecular flexibility index (Phi) is 6.78. The maximum absolute atomic E-state index is 6.29. The maximum Gasteiger partial charge on any atom is 0.127 e. The first-order valence-electron chi connectivity index (χ1n) is 6.78. The zero-order valence-corrected chi connectivity index (χ0v) is 13.2. The number of hydrogen-bond donors (Lipinski definition) is 1. The highest BCUT2D eigenvalue weighted by Gasteiger charge is 2.15. The first-order chi connectivity index (χ1) is 9.47. The van der Waals surface area contributed by atoms with Crippen molar-refractivity contribution in [3.8, 4) is 11.5 Å². The Morgan fingerprint density at radius 2 is 1.80 bits per heavy atom. The van der Waals surface area contributed by atoms with E-state index in [1.807, 2.05) is 18.2 Å². The van der Waals surface area contributed by atoms with Gasteiger partial charge in [-0.2, -0.15) is 0 Å². The summed E-state index contributed by atoms with van der Waals surface area (Å²) in [6, 6.07) is 5.68. The lowest BCUT2D eigenvalue weighted by Gasteiger charge is -2.24. The zero-order chi connectivity index (χ0) is 15.1. The van der Waals surface area contributed by atoms with E-state index in [0.717, 1.165) is 36.7 Å². The Morgan fingerprint density at radius 3 is 2.35 bits per heavy atom. The molecule has 0 bridgehead atoms. The van der Waals surface area contributed by atoms with Gasteiger partial charge in [-0.25, -0.2) is 0 Å². The van der Waals surface area contributed by atoms with Crippen LogP contribution in [0.15, 0.2) is 18.2 Å². The second-order valence-electron chi connectivity index (χ2n) is 5.28. The third-order valence-electron chi connectivity index (χ3n) is 3.28. The highest BCUT2D eigenvalue weighted by atomic mass is 16.5. The van der Waals surface area contributed by atoms with Crippen LogP contribution < -0.4 is 15.2 Å². The van der Waals surface area contributed by atoms with Crippen LogP contribution in [0, 0.1) is 0 Å². The predicted molar refractivity (Wildman–Crippen MR) is 82.5 cm³/mol. The molecule has 2 N–H and O–H groups in total. The van der Waals surface area contributed by atoms with E-state index in [0.29, 0.717) is 0 Å². The Labute approximate surface area is 122 Å². The second-order valence-corrected chi connectivity index (χ2v) is 5.28. The number of nitrogens with zero attached hydrogens (tertiary/aromatic N) is 2. The fraction of sp³-hybridized carbons (Fsp3) is 0.600. The first-order valence-corrected chi connectivity index (χ1v) is 6.78. The smallest absolute Gasteiger partial charge is 0.127 e. The molecule has 1 aromatic rings. The molecule has 0 saturated heterocycles. The minimum absolute atomic E-state index is 0.0805. The van der Waals surface area contributed by atoms with Gasteiger partial charge in [0.15, 0.2) is 0 Å². The lowest BCUT2D eigenvalue weighted by Crippen LogP contribution is -2.34. The molecule has 0 saturated carbocycles. The molecule has 0 heterocycles. The van der Waals surface area contributed by atoms with E-state index in [9.17, 15) is 0 Å². The van der Waals surface area contributed by atoms with Crippen LogP contribution in [0.3, 0.4) is 0 Å². The lowest BCUT2D eigenvalue weighted by atomic mass is 10.1. The van der Waals surface area contributed by atoms with Gasteiger partial charge < -0.3 is 25.0 Å². The summed E-state index contributed by atoms with van der Waals surface area (Å²) in [4.78, 5) is 4.39. The molecular formula is C15H27N3O2. The molecule has 1 rings (SSSR count). The Hall–Kier alpha value is -1.30. The molecule has 5 heteroatoms. The summed E-state index contributed by atoms with van der Waals surface area (Å²) in [5.41, 5.74) is 7.30. The summed E-state index contributed by atoms with van der Waals surface area (Å²) in [7, 11) is 9.52. The first kappa shape index (κ1) is 16.8. The maximum atomic E-state index is 6.29. The molecule has 0 spiro atoms. The standard InChI is InChI=1S/C15H27N3O2/c1-17(2)8-9-18(3)11-14(16)13-7-6-12(19-4)10-15(13)20-5/h6-7,10,14H,8-9,11,16H2,1-5H3. The molecule has 0 aliphatic rings. The summed E-state index contributed by atoms with van der Waals surface area (Å²) in [6.07, 6.45) is 0. The Bertz CT molecular complexity index is 410. The van der Waals surface area contributed by atoms with Crippen molar-refractivity contribution in [2.75, 3.05) is 55.0 Å². The summed E-state index contributed by atoms with van der Waals surface area (Å²) in [6.45, 7) is 2.79. The summed E-state index contributed by atoms with van der Waals surface area (Å²) >= 11 is 0. The highest BCUT2D eigenvalue weighted by molar-refractivity contribution is 5.42. The zero-order valence-electron chi connectivity index (χ0n) is 13.2. The molecule has 0 aliphatic carbocycles. The number of ether oxygens (including phenoxy) is 2. The van der Waals surface area contributed by atoms with Gasteiger partial charge in [0.1, 0.15) is 11.5 Å². The van der Waals surface area contributed by atoms with Crippen LogP contribution in [0.2, 0.25) is 0 Å². The molecule has 0 fully saturated rings. The number of rotatable bonds is 8. The van der Waals surface area contributed by atoms with E-state index in [1.54, 1.807) is 14.2 Å². The number of benzene rings is 1. The van der Waals surface area contributed by atoms with Crippen molar-refractivity contribution in [1.82, 2.24) is 9.80 Å². The minimum Gasteiger partial charge on any atom is -0.497 e. The van der Waals surface area contributed by atoms with E-state index in [-0.39, 0.29) is 6.04 Å². The van der Waals surface area contributed by atoms with Gasteiger partial charge in [0.2, 0.25) is 0 Å². The Balaban J connectivity index is 2.69. The Morgan fingerprint density at radius 1 is 1.10 bits per heavy atom. The van der Waals surface area contributed by atoms with Crippen molar-refractivity contribution < 1.29 is 9.47 Å². The van der Waals surface area contributed by atoms with Crippen LogP contribution in [0.4, 0.5) is 0 Å². The molecule has 20 heavy (non-hydrogen) atoms. The number of likely N-dealkylation sites (N-methyl/N-ethyl adjacent to an activating group) is 2. The third-order valence-corrected chi connectivity index (χ3v) is 3.28. The van der Waals surface area contributed by atoms with Gasteiger partial charge in [-0.3, -0.25) is 0 Å². The van der Waals surface area contributed by atoms with E-state index in [2.05, 4.69) is 30.9 Å². The van der Waals surface area contributed by atoms with E-state index in [1.165, 1.54) is 0 Å². The van der Waals surface area contributed by atoms with Gasteiger partial charge in [0.05, 0.1) is 14.2 Å².